The van der Waals surface area contributed by atoms with Crippen LogP contribution in [0.3, 0.4) is 0 Å². The van der Waals surface area contributed by atoms with Gasteiger partial charge in [0.15, 0.2) is 0 Å². The molecule has 0 spiro atoms. The smallest absolute Gasteiger partial charge is 0.0357 e. The van der Waals surface area contributed by atoms with E-state index in [1.165, 1.54) is 45.7 Å². The lowest BCUT2D eigenvalue weighted by atomic mass is 9.81. The fourth-order valence-electron chi connectivity index (χ4n) is 2.87. The average molecular weight is 408 g/mol. The minimum absolute atomic E-state index is 0.499. The summed E-state index contributed by atoms with van der Waals surface area (Å²) in [7, 11) is 2.09. The molecule has 1 nitrogen and oxygen atoms in total. The third-order valence-electron chi connectivity index (χ3n) is 3.73. The first-order chi connectivity index (χ1) is 8.22. The van der Waals surface area contributed by atoms with E-state index in [0.717, 1.165) is 5.92 Å². The van der Waals surface area contributed by atoms with Crippen molar-refractivity contribution in [1.82, 2.24) is 5.32 Å². The molecule has 1 saturated carbocycles. The van der Waals surface area contributed by atoms with E-state index in [4.69, 9.17) is 0 Å². The summed E-state index contributed by atoms with van der Waals surface area (Å²) in [6.45, 7) is 0. The second kappa shape index (κ2) is 6.53. The summed E-state index contributed by atoms with van der Waals surface area (Å²) >= 11 is 6.09. The molecule has 0 aromatic heterocycles. The van der Waals surface area contributed by atoms with E-state index in [2.05, 4.69) is 69.1 Å². The van der Waals surface area contributed by atoms with Gasteiger partial charge < -0.3 is 5.32 Å². The average Bonchev–Trinajstić information content (AvgIpc) is 2.36. The van der Waals surface area contributed by atoms with E-state index in [9.17, 15) is 0 Å². The van der Waals surface area contributed by atoms with E-state index in [1.54, 1.807) is 0 Å². The first kappa shape index (κ1) is 13.8. The van der Waals surface area contributed by atoms with Gasteiger partial charge in [-0.05, 0) is 72.2 Å². The summed E-state index contributed by atoms with van der Waals surface area (Å²) < 4.78 is 2.56. The Balaban J connectivity index is 2.24. The van der Waals surface area contributed by atoms with Crippen LogP contribution in [-0.2, 0) is 0 Å². The minimum Gasteiger partial charge on any atom is -0.313 e. The first-order valence-electron chi connectivity index (χ1n) is 6.34. The van der Waals surface area contributed by atoms with Crippen molar-refractivity contribution in [3.05, 3.63) is 31.8 Å². The zero-order chi connectivity index (χ0) is 12.3. The first-order valence-corrected chi connectivity index (χ1v) is 8.21. The fraction of sp³-hybridized carbons (Fsp3) is 0.571. The van der Waals surface area contributed by atoms with E-state index in [0.29, 0.717) is 6.04 Å². The molecule has 0 radical (unpaired) electrons. The molecule has 0 amide bonds. The van der Waals surface area contributed by atoms with Crippen LogP contribution in [-0.4, -0.2) is 7.05 Å². The second-order valence-corrected chi connectivity index (χ2v) is 6.93. The van der Waals surface area contributed by atoms with Crippen molar-refractivity contribution in [2.24, 2.45) is 5.92 Å². The zero-order valence-corrected chi connectivity index (χ0v) is 13.9. The Kier molecular flexibility index (Phi) is 5.30. The minimum atomic E-state index is 0.499. The molecule has 1 aromatic carbocycles. The van der Waals surface area contributed by atoms with Gasteiger partial charge in [-0.25, -0.2) is 0 Å². The summed E-state index contributed by atoms with van der Waals surface area (Å²) in [6.07, 6.45) is 6.93. The Bertz CT molecular complexity index is 374. The molecule has 1 fully saturated rings. The molecule has 1 aliphatic rings. The van der Waals surface area contributed by atoms with E-state index in [-0.39, 0.29) is 0 Å². The highest BCUT2D eigenvalue weighted by Crippen LogP contribution is 2.37. The van der Waals surface area contributed by atoms with Gasteiger partial charge in [-0.2, -0.15) is 0 Å². The monoisotopic (exact) mass is 407 g/mol. The van der Waals surface area contributed by atoms with Crippen molar-refractivity contribution < 1.29 is 0 Å². The molecule has 0 bridgehead atoms. The highest BCUT2D eigenvalue weighted by atomic mass is 127. The van der Waals surface area contributed by atoms with Gasteiger partial charge in [-0.3, -0.25) is 0 Å². The Morgan fingerprint density at radius 2 is 2.00 bits per heavy atom. The second-order valence-electron chi connectivity index (χ2n) is 4.83. The van der Waals surface area contributed by atoms with Gasteiger partial charge in [0, 0.05) is 14.1 Å². The molecule has 3 heteroatoms. The molecule has 94 valence electrons. The van der Waals surface area contributed by atoms with Crippen LogP contribution in [0.5, 0.6) is 0 Å². The third kappa shape index (κ3) is 3.44. The third-order valence-corrected chi connectivity index (χ3v) is 5.12. The predicted molar refractivity (Wildman–Crippen MR) is 85.2 cm³/mol. The normalized spacial score (nSPS) is 19.2. The summed E-state index contributed by atoms with van der Waals surface area (Å²) in [5.41, 5.74) is 1.42. The molecule has 1 aliphatic carbocycles. The van der Waals surface area contributed by atoms with Crippen LogP contribution in [0.25, 0.3) is 0 Å². The molecule has 1 unspecified atom stereocenters. The number of hydrogen-bond acceptors (Lipinski definition) is 1. The van der Waals surface area contributed by atoms with Gasteiger partial charge in [0.1, 0.15) is 0 Å². The Morgan fingerprint density at radius 3 is 2.65 bits per heavy atom. The van der Waals surface area contributed by atoms with Gasteiger partial charge in [0.25, 0.3) is 0 Å². The number of rotatable bonds is 3. The number of hydrogen-bond donors (Lipinski definition) is 1. The summed E-state index contributed by atoms with van der Waals surface area (Å²) in [5.74, 6) is 0.795. The Labute approximate surface area is 126 Å². The van der Waals surface area contributed by atoms with Crippen LogP contribution in [0, 0.1) is 9.49 Å². The summed E-state index contributed by atoms with van der Waals surface area (Å²) in [6, 6.07) is 7.13. The van der Waals surface area contributed by atoms with Crippen LogP contribution in [0.4, 0.5) is 0 Å². The fourth-order valence-corrected chi connectivity index (χ4v) is 3.87. The van der Waals surface area contributed by atoms with Gasteiger partial charge in [0.2, 0.25) is 0 Å². The summed E-state index contributed by atoms with van der Waals surface area (Å²) in [4.78, 5) is 0. The van der Waals surface area contributed by atoms with E-state index >= 15 is 0 Å². The molecule has 0 aliphatic heterocycles. The zero-order valence-electron chi connectivity index (χ0n) is 10.2. The molecule has 1 N–H and O–H groups in total. The molecule has 0 saturated heterocycles. The predicted octanol–water partition coefficient (Wildman–Crippen LogP) is 4.89. The summed E-state index contributed by atoms with van der Waals surface area (Å²) in [5, 5.41) is 3.52. The van der Waals surface area contributed by atoms with Gasteiger partial charge in [-0.1, -0.05) is 35.2 Å². The maximum atomic E-state index is 3.70. The molecule has 2 rings (SSSR count). The standard InChI is InChI=1S/C14H19BrIN/c1-17-14(10-5-3-2-4-6-10)12-9-11(16)7-8-13(12)15/h7-10,14,17H,2-6H2,1H3. The van der Waals surface area contributed by atoms with E-state index < -0.39 is 0 Å². The molecule has 0 heterocycles. The SMILES string of the molecule is CNC(c1cc(I)ccc1Br)C1CCCCC1. The lowest BCUT2D eigenvalue weighted by molar-refractivity contribution is 0.281. The van der Waals surface area contributed by atoms with Crippen molar-refractivity contribution in [2.75, 3.05) is 7.05 Å². The maximum Gasteiger partial charge on any atom is 0.0357 e. The molecule has 1 atom stereocenters. The lowest BCUT2D eigenvalue weighted by Gasteiger charge is -2.31. The van der Waals surface area contributed by atoms with Crippen LogP contribution in [0.2, 0.25) is 0 Å². The number of benzene rings is 1. The van der Waals surface area contributed by atoms with Crippen LogP contribution in [0.1, 0.15) is 43.7 Å². The lowest BCUT2D eigenvalue weighted by Crippen LogP contribution is -2.27. The highest BCUT2D eigenvalue weighted by Gasteiger charge is 2.25. The van der Waals surface area contributed by atoms with Crippen LogP contribution < -0.4 is 5.32 Å². The quantitative estimate of drug-likeness (QED) is 0.703. The van der Waals surface area contributed by atoms with Crippen molar-refractivity contribution in [1.29, 1.82) is 0 Å². The molecule has 1 aromatic rings. The molecule has 17 heavy (non-hydrogen) atoms. The Hall–Kier alpha value is 0.390. The molecular weight excluding hydrogens is 389 g/mol. The number of halogens is 2. The van der Waals surface area contributed by atoms with Crippen LogP contribution >= 0.6 is 38.5 Å². The van der Waals surface area contributed by atoms with Crippen molar-refractivity contribution >= 4 is 38.5 Å². The number of nitrogens with one attached hydrogen (secondary N) is 1. The largest absolute Gasteiger partial charge is 0.313 e. The van der Waals surface area contributed by atoms with Crippen molar-refractivity contribution in [2.45, 2.75) is 38.1 Å². The van der Waals surface area contributed by atoms with Crippen LogP contribution in [0.15, 0.2) is 22.7 Å². The Morgan fingerprint density at radius 1 is 1.29 bits per heavy atom. The van der Waals surface area contributed by atoms with E-state index in [1.807, 2.05) is 0 Å². The van der Waals surface area contributed by atoms with Crippen molar-refractivity contribution in [3.63, 3.8) is 0 Å². The maximum absolute atomic E-state index is 3.70. The highest BCUT2D eigenvalue weighted by molar-refractivity contribution is 14.1. The van der Waals surface area contributed by atoms with Gasteiger partial charge in [-0.15, -0.1) is 0 Å². The van der Waals surface area contributed by atoms with Gasteiger partial charge in [0.05, 0.1) is 0 Å². The van der Waals surface area contributed by atoms with Crippen molar-refractivity contribution in [3.8, 4) is 0 Å². The molecular formula is C14H19BrIN. The topological polar surface area (TPSA) is 12.0 Å². The van der Waals surface area contributed by atoms with Gasteiger partial charge >= 0.3 is 0 Å².